The molecule has 0 aliphatic heterocycles. The average molecular weight is 769 g/mol. The SMILES string of the molecule is c1cc(C2Cc3ccccc3-c3ccccc32)cc(N(c2ccc(-c3cccc4c3c3cccc5c6ccccc6n4c53)cc2)c2ccc3sc4ccccc4c3c2)c1. The van der Waals surface area contributed by atoms with Gasteiger partial charge >= 0.3 is 0 Å². The van der Waals surface area contributed by atoms with Crippen LogP contribution in [-0.2, 0) is 6.42 Å². The number of thiophene rings is 1. The Hall–Kier alpha value is -7.20. The Kier molecular flexibility index (Phi) is 7.04. The van der Waals surface area contributed by atoms with E-state index >= 15 is 0 Å². The molecule has 2 nitrogen and oxygen atoms in total. The lowest BCUT2D eigenvalue weighted by molar-refractivity contribution is 0.794. The highest BCUT2D eigenvalue weighted by molar-refractivity contribution is 7.25. The number of fused-ring (bicyclic) bond motifs is 12. The highest BCUT2D eigenvalue weighted by Gasteiger charge is 2.27. The smallest absolute Gasteiger partial charge is 0.0620 e. The van der Waals surface area contributed by atoms with Gasteiger partial charge in [0.25, 0.3) is 0 Å². The Morgan fingerprint density at radius 3 is 2.03 bits per heavy atom. The Bertz CT molecular complexity index is 3610. The van der Waals surface area contributed by atoms with Crippen molar-refractivity contribution in [1.29, 1.82) is 0 Å². The van der Waals surface area contributed by atoms with E-state index in [1.807, 2.05) is 11.3 Å². The van der Waals surface area contributed by atoms with E-state index in [9.17, 15) is 0 Å². The Morgan fingerprint density at radius 1 is 0.441 bits per heavy atom. The van der Waals surface area contributed by atoms with Crippen LogP contribution >= 0.6 is 11.3 Å². The monoisotopic (exact) mass is 768 g/mol. The van der Waals surface area contributed by atoms with E-state index in [1.165, 1.54) is 97.2 Å². The minimum absolute atomic E-state index is 0.260. The number of aromatic nitrogens is 1. The molecular formula is C56H36N2S. The van der Waals surface area contributed by atoms with Crippen molar-refractivity contribution >= 4 is 86.7 Å². The van der Waals surface area contributed by atoms with Gasteiger partial charge in [0.05, 0.1) is 16.6 Å². The molecule has 3 heteroatoms. The van der Waals surface area contributed by atoms with Gasteiger partial charge in [-0.15, -0.1) is 11.3 Å². The maximum Gasteiger partial charge on any atom is 0.0620 e. The van der Waals surface area contributed by atoms with Crippen LogP contribution in [0.4, 0.5) is 17.1 Å². The van der Waals surface area contributed by atoms with Gasteiger partial charge in [0, 0.05) is 64.7 Å². The van der Waals surface area contributed by atoms with Gasteiger partial charge in [-0.2, -0.15) is 0 Å². The molecule has 0 spiro atoms. The zero-order valence-electron chi connectivity index (χ0n) is 32.1. The predicted molar refractivity (Wildman–Crippen MR) is 252 cm³/mol. The number of anilines is 3. The van der Waals surface area contributed by atoms with Gasteiger partial charge in [0.1, 0.15) is 0 Å². The maximum atomic E-state index is 2.47. The molecule has 3 aromatic heterocycles. The molecule has 276 valence electrons. The summed E-state index contributed by atoms with van der Waals surface area (Å²) in [6.45, 7) is 0. The topological polar surface area (TPSA) is 7.65 Å². The molecule has 59 heavy (non-hydrogen) atoms. The first kappa shape index (κ1) is 32.8. The van der Waals surface area contributed by atoms with Crippen LogP contribution in [0.3, 0.4) is 0 Å². The Balaban J connectivity index is 0.971. The average Bonchev–Trinajstić information content (AvgIpc) is 3.97. The molecule has 1 unspecified atom stereocenters. The second-order valence-electron chi connectivity index (χ2n) is 16.0. The molecule has 0 amide bonds. The normalized spacial score (nSPS) is 13.9. The molecule has 0 radical (unpaired) electrons. The van der Waals surface area contributed by atoms with Crippen LogP contribution in [0.1, 0.15) is 22.6 Å². The summed E-state index contributed by atoms with van der Waals surface area (Å²) in [5, 5.41) is 7.83. The van der Waals surface area contributed by atoms with Crippen molar-refractivity contribution < 1.29 is 0 Å². The molecule has 1 aliphatic carbocycles. The van der Waals surface area contributed by atoms with E-state index in [2.05, 4.69) is 209 Å². The van der Waals surface area contributed by atoms with Gasteiger partial charge in [-0.3, -0.25) is 0 Å². The summed E-state index contributed by atoms with van der Waals surface area (Å²) in [5.41, 5.74) is 16.6. The van der Waals surface area contributed by atoms with Crippen LogP contribution < -0.4 is 4.90 Å². The highest BCUT2D eigenvalue weighted by Crippen LogP contribution is 2.47. The van der Waals surface area contributed by atoms with E-state index in [0.717, 1.165) is 23.5 Å². The summed E-state index contributed by atoms with van der Waals surface area (Å²) < 4.78 is 5.09. The summed E-state index contributed by atoms with van der Waals surface area (Å²) in [6, 6.07) is 74.6. The van der Waals surface area contributed by atoms with Crippen LogP contribution in [0.5, 0.6) is 0 Å². The second-order valence-corrected chi connectivity index (χ2v) is 17.1. The van der Waals surface area contributed by atoms with E-state index in [1.54, 1.807) is 0 Å². The first-order valence-electron chi connectivity index (χ1n) is 20.5. The van der Waals surface area contributed by atoms with Crippen LogP contribution in [0.2, 0.25) is 0 Å². The molecule has 0 N–H and O–H groups in total. The lowest BCUT2D eigenvalue weighted by Gasteiger charge is -2.30. The van der Waals surface area contributed by atoms with Crippen molar-refractivity contribution in [3.63, 3.8) is 0 Å². The fraction of sp³-hybridized carbons (Fsp3) is 0.0357. The molecule has 0 fully saturated rings. The van der Waals surface area contributed by atoms with Crippen molar-refractivity contribution in [3.05, 3.63) is 217 Å². The third kappa shape index (κ3) is 4.86. The molecule has 0 bridgehead atoms. The summed E-state index contributed by atoms with van der Waals surface area (Å²) in [7, 11) is 0. The molecule has 9 aromatic carbocycles. The molecule has 13 rings (SSSR count). The third-order valence-corrected chi connectivity index (χ3v) is 14.1. The van der Waals surface area contributed by atoms with Crippen LogP contribution in [-0.4, -0.2) is 4.40 Å². The minimum Gasteiger partial charge on any atom is -0.310 e. The second kappa shape index (κ2) is 12.6. The first-order valence-corrected chi connectivity index (χ1v) is 21.3. The van der Waals surface area contributed by atoms with Crippen LogP contribution in [0.25, 0.3) is 80.5 Å². The lowest BCUT2D eigenvalue weighted by Crippen LogP contribution is -2.14. The lowest BCUT2D eigenvalue weighted by atomic mass is 9.75. The molecule has 0 saturated heterocycles. The Morgan fingerprint density at radius 2 is 1.10 bits per heavy atom. The van der Waals surface area contributed by atoms with E-state index in [0.29, 0.717) is 0 Å². The van der Waals surface area contributed by atoms with Crippen molar-refractivity contribution in [2.45, 2.75) is 12.3 Å². The molecular weight excluding hydrogens is 733 g/mol. The van der Waals surface area contributed by atoms with Gasteiger partial charge in [-0.1, -0.05) is 140 Å². The zero-order valence-corrected chi connectivity index (χ0v) is 33.0. The number of nitrogens with zero attached hydrogens (tertiary/aromatic N) is 2. The molecule has 1 atom stereocenters. The summed E-state index contributed by atoms with van der Waals surface area (Å²) in [6.07, 6.45) is 0.979. The fourth-order valence-corrected chi connectivity index (χ4v) is 11.4. The Labute approximate surface area is 345 Å². The molecule has 3 heterocycles. The van der Waals surface area contributed by atoms with E-state index in [4.69, 9.17) is 0 Å². The van der Waals surface area contributed by atoms with E-state index in [-0.39, 0.29) is 5.92 Å². The summed E-state index contributed by atoms with van der Waals surface area (Å²) >= 11 is 1.87. The summed E-state index contributed by atoms with van der Waals surface area (Å²) in [4.78, 5) is 2.45. The van der Waals surface area contributed by atoms with Gasteiger partial charge in [0.15, 0.2) is 0 Å². The standard InChI is InChI=1S/C56H36N2S/c1-2-15-41-37(12-1)33-49(44-17-4-3-16-43(41)44)36-13-9-14-39(32-36)57(40-30-31-54-50(34-40)46-19-6-8-25-53(46)59-54)38-28-26-35(27-29-38)42-20-11-24-52-55(42)48-22-10-21-47-45-18-5-7-23-51(45)58(52)56(47)48/h1-32,34,49H,33H2. The zero-order chi connectivity index (χ0) is 38.6. The number of benzene rings is 9. The minimum atomic E-state index is 0.260. The maximum absolute atomic E-state index is 2.47. The fourth-order valence-electron chi connectivity index (χ4n) is 10.3. The highest BCUT2D eigenvalue weighted by atomic mass is 32.1. The van der Waals surface area contributed by atoms with Crippen molar-refractivity contribution in [3.8, 4) is 22.3 Å². The van der Waals surface area contributed by atoms with Crippen LogP contribution in [0, 0.1) is 0 Å². The van der Waals surface area contributed by atoms with Crippen LogP contribution in [0.15, 0.2) is 200 Å². The number of para-hydroxylation sites is 2. The first-order chi connectivity index (χ1) is 29.3. The predicted octanol–water partition coefficient (Wildman–Crippen LogP) is 15.7. The number of hydrogen-bond donors (Lipinski definition) is 0. The van der Waals surface area contributed by atoms with Crippen molar-refractivity contribution in [2.75, 3.05) is 4.90 Å². The quantitative estimate of drug-likeness (QED) is 0.169. The largest absolute Gasteiger partial charge is 0.310 e. The van der Waals surface area contributed by atoms with Gasteiger partial charge in [0.2, 0.25) is 0 Å². The van der Waals surface area contributed by atoms with E-state index < -0.39 is 0 Å². The molecule has 12 aromatic rings. The third-order valence-electron chi connectivity index (χ3n) is 12.9. The van der Waals surface area contributed by atoms with Gasteiger partial charge in [-0.05, 0) is 106 Å². The number of hydrogen-bond acceptors (Lipinski definition) is 2. The van der Waals surface area contributed by atoms with Gasteiger partial charge < -0.3 is 9.30 Å². The number of rotatable bonds is 5. The van der Waals surface area contributed by atoms with Gasteiger partial charge in [-0.25, -0.2) is 0 Å². The van der Waals surface area contributed by atoms with Crippen molar-refractivity contribution in [2.24, 2.45) is 0 Å². The molecule has 1 aliphatic rings. The summed E-state index contributed by atoms with van der Waals surface area (Å²) in [5.74, 6) is 0.260. The molecule has 0 saturated carbocycles. The van der Waals surface area contributed by atoms with Crippen molar-refractivity contribution in [1.82, 2.24) is 4.40 Å².